The molecule has 0 amide bonds. The molecule has 0 bridgehead atoms. The van der Waals surface area contributed by atoms with Crippen LogP contribution in [0.25, 0.3) is 0 Å². The van der Waals surface area contributed by atoms with Gasteiger partial charge in [0.1, 0.15) is 12.4 Å². The average molecular weight is 446 g/mol. The quantitative estimate of drug-likeness (QED) is 0.353. The van der Waals surface area contributed by atoms with Gasteiger partial charge in [-0.3, -0.25) is 9.69 Å². The van der Waals surface area contributed by atoms with Crippen molar-refractivity contribution in [3.05, 3.63) is 33.9 Å². The minimum Gasteiger partial charge on any atom is -0.496 e. The fraction of sp³-hybridized carbons (Fsp3) is 0.583. The Balaban J connectivity index is 1.80. The van der Waals surface area contributed by atoms with Crippen LogP contribution in [0.3, 0.4) is 0 Å². The Morgan fingerprint density at radius 2 is 2.22 bits per heavy atom. The van der Waals surface area contributed by atoms with Gasteiger partial charge in [-0.05, 0) is 45.6 Å². The molecule has 3 N–H and O–H groups in total. The van der Waals surface area contributed by atoms with Crippen LogP contribution in [0.4, 0.5) is 5.69 Å². The molecule has 8 nitrogen and oxygen atoms in total. The average Bonchev–Trinajstić information content (AvgIpc) is 3.41. The largest absolute Gasteiger partial charge is 0.496 e. The predicted molar refractivity (Wildman–Crippen MR) is 123 cm³/mol. The van der Waals surface area contributed by atoms with E-state index in [1.54, 1.807) is 7.11 Å². The molecule has 1 aromatic carbocycles. The molecule has 0 spiro atoms. The van der Waals surface area contributed by atoms with Crippen molar-refractivity contribution in [2.75, 3.05) is 45.3 Å². The van der Waals surface area contributed by atoms with Gasteiger partial charge in [0.2, 0.25) is 0 Å². The third-order valence-corrected chi connectivity index (χ3v) is 6.34. The van der Waals surface area contributed by atoms with E-state index in [1.165, 1.54) is 0 Å². The molecule has 0 saturated carbocycles. The molecule has 0 radical (unpaired) electrons. The number of ether oxygens (including phenoxy) is 2. The molecular weight excluding hydrogens is 410 g/mol. The number of allylic oxidation sites excluding steroid dienone is 2. The van der Waals surface area contributed by atoms with E-state index in [0.717, 1.165) is 60.0 Å². The van der Waals surface area contributed by atoms with Gasteiger partial charge in [0.05, 0.1) is 24.3 Å². The van der Waals surface area contributed by atoms with E-state index >= 15 is 0 Å². The van der Waals surface area contributed by atoms with Crippen LogP contribution >= 0.6 is 0 Å². The molecule has 8 heteroatoms. The standard InChI is InChI=1S/C24H35N3O5/c1-5-26-21-18(22(31-4)16(3)19-13-32-24(30)20(19)21)7-6-15(2)12-17(23(28)29)8-10-27-11-9-25-14-27/h6,17,25-26H,5,7-14H2,1-4H3,(H,28,29)/b15-6+. The number of aliphatic carboxylic acids is 1. The number of esters is 1. The monoisotopic (exact) mass is 445 g/mol. The zero-order chi connectivity index (χ0) is 23.3. The molecule has 1 aromatic rings. The number of carbonyl (C=O) groups is 2. The number of nitrogens with one attached hydrogen (secondary N) is 2. The van der Waals surface area contributed by atoms with Gasteiger partial charge in [0.25, 0.3) is 0 Å². The van der Waals surface area contributed by atoms with Crippen LogP contribution in [-0.2, 0) is 22.6 Å². The van der Waals surface area contributed by atoms with E-state index in [0.29, 0.717) is 31.4 Å². The van der Waals surface area contributed by atoms with Crippen molar-refractivity contribution in [3.63, 3.8) is 0 Å². The van der Waals surface area contributed by atoms with Gasteiger partial charge >= 0.3 is 11.9 Å². The third-order valence-electron chi connectivity index (χ3n) is 6.34. The van der Waals surface area contributed by atoms with Crippen LogP contribution in [-0.4, -0.2) is 61.9 Å². The van der Waals surface area contributed by atoms with E-state index < -0.39 is 11.9 Å². The summed E-state index contributed by atoms with van der Waals surface area (Å²) in [5.74, 6) is -0.741. The minimum absolute atomic E-state index is 0.261. The Morgan fingerprint density at radius 3 is 2.84 bits per heavy atom. The van der Waals surface area contributed by atoms with Crippen LogP contribution in [0.5, 0.6) is 5.75 Å². The number of anilines is 1. The summed E-state index contributed by atoms with van der Waals surface area (Å²) in [6.07, 6.45) is 3.72. The lowest BCUT2D eigenvalue weighted by molar-refractivity contribution is -0.142. The topological polar surface area (TPSA) is 100 Å². The fourth-order valence-corrected chi connectivity index (χ4v) is 4.57. The molecule has 1 atom stereocenters. The smallest absolute Gasteiger partial charge is 0.341 e. The number of carboxylic acid groups (broad SMARTS) is 1. The number of benzene rings is 1. The van der Waals surface area contributed by atoms with Crippen LogP contribution in [0, 0.1) is 12.8 Å². The summed E-state index contributed by atoms with van der Waals surface area (Å²) in [5.41, 5.74) is 5.05. The predicted octanol–water partition coefficient (Wildman–Crippen LogP) is 2.94. The summed E-state index contributed by atoms with van der Waals surface area (Å²) in [6.45, 7) is 10.4. The fourth-order valence-electron chi connectivity index (χ4n) is 4.57. The summed E-state index contributed by atoms with van der Waals surface area (Å²) in [4.78, 5) is 26.5. The number of carboxylic acids is 1. The summed E-state index contributed by atoms with van der Waals surface area (Å²) in [7, 11) is 1.63. The Hall–Kier alpha value is -2.58. The maximum atomic E-state index is 12.4. The summed E-state index contributed by atoms with van der Waals surface area (Å²) >= 11 is 0. The lowest BCUT2D eigenvalue weighted by atomic mass is 9.92. The molecule has 2 heterocycles. The van der Waals surface area contributed by atoms with Crippen LogP contribution in [0.2, 0.25) is 0 Å². The first-order valence-corrected chi connectivity index (χ1v) is 11.3. The normalized spacial score (nSPS) is 17.2. The van der Waals surface area contributed by atoms with E-state index in [9.17, 15) is 14.7 Å². The SMILES string of the molecule is CCNc1c(C/C=C(\C)CC(CCN2CCNC2)C(=O)O)c(OC)c(C)c2c1C(=O)OC2. The third kappa shape index (κ3) is 5.24. The van der Waals surface area contributed by atoms with E-state index in [4.69, 9.17) is 9.47 Å². The highest BCUT2D eigenvalue weighted by Crippen LogP contribution is 2.41. The number of rotatable bonds is 11. The molecule has 1 saturated heterocycles. The first-order valence-electron chi connectivity index (χ1n) is 11.3. The Kier molecular flexibility index (Phi) is 8.15. The molecule has 0 aliphatic carbocycles. The Labute approximate surface area is 190 Å². The molecule has 2 aliphatic rings. The van der Waals surface area contributed by atoms with Gasteiger partial charge < -0.3 is 25.2 Å². The minimum atomic E-state index is -0.757. The molecule has 2 aliphatic heterocycles. The first-order chi connectivity index (χ1) is 15.4. The molecule has 176 valence electrons. The van der Waals surface area contributed by atoms with Gasteiger partial charge in [0, 0.05) is 44.0 Å². The molecule has 32 heavy (non-hydrogen) atoms. The van der Waals surface area contributed by atoms with Crippen molar-refractivity contribution in [3.8, 4) is 5.75 Å². The summed E-state index contributed by atoms with van der Waals surface area (Å²) in [5, 5.41) is 16.3. The lowest BCUT2D eigenvalue weighted by Crippen LogP contribution is -2.27. The highest BCUT2D eigenvalue weighted by molar-refractivity contribution is 6.01. The number of fused-ring (bicyclic) bond motifs is 1. The second-order valence-electron chi connectivity index (χ2n) is 8.53. The zero-order valence-electron chi connectivity index (χ0n) is 19.5. The Bertz CT molecular complexity index is 890. The molecular formula is C24H35N3O5. The van der Waals surface area contributed by atoms with E-state index in [-0.39, 0.29) is 12.6 Å². The van der Waals surface area contributed by atoms with Crippen molar-refractivity contribution >= 4 is 17.6 Å². The number of hydrogen-bond donors (Lipinski definition) is 3. The van der Waals surface area contributed by atoms with Gasteiger partial charge in [-0.1, -0.05) is 11.6 Å². The molecule has 0 aromatic heterocycles. The summed E-state index contributed by atoms with van der Waals surface area (Å²) < 4.78 is 11.0. The maximum Gasteiger partial charge on any atom is 0.341 e. The van der Waals surface area contributed by atoms with Crippen molar-refractivity contribution in [1.29, 1.82) is 0 Å². The van der Waals surface area contributed by atoms with Crippen LogP contribution in [0.1, 0.15) is 53.7 Å². The van der Waals surface area contributed by atoms with E-state index in [1.807, 2.05) is 20.8 Å². The number of hydrogen-bond acceptors (Lipinski definition) is 7. The van der Waals surface area contributed by atoms with E-state index in [2.05, 4.69) is 21.6 Å². The maximum absolute atomic E-state index is 12.4. The van der Waals surface area contributed by atoms with Gasteiger partial charge in [-0.15, -0.1) is 0 Å². The van der Waals surface area contributed by atoms with Crippen molar-refractivity contribution in [2.45, 2.75) is 46.6 Å². The molecule has 1 unspecified atom stereocenters. The number of nitrogens with zero attached hydrogens (tertiary/aromatic N) is 1. The Morgan fingerprint density at radius 1 is 1.44 bits per heavy atom. The lowest BCUT2D eigenvalue weighted by Gasteiger charge is -2.20. The van der Waals surface area contributed by atoms with Gasteiger partial charge in [-0.25, -0.2) is 4.79 Å². The van der Waals surface area contributed by atoms with Crippen LogP contribution < -0.4 is 15.4 Å². The molecule has 3 rings (SSSR count). The van der Waals surface area contributed by atoms with Crippen molar-refractivity contribution < 1.29 is 24.2 Å². The number of cyclic esters (lactones) is 1. The molecule has 1 fully saturated rings. The number of carbonyl (C=O) groups excluding carboxylic acids is 1. The highest BCUT2D eigenvalue weighted by Gasteiger charge is 2.31. The second-order valence-corrected chi connectivity index (χ2v) is 8.53. The first kappa shape index (κ1) is 24.1. The van der Waals surface area contributed by atoms with Gasteiger partial charge in [0.15, 0.2) is 0 Å². The summed E-state index contributed by atoms with van der Waals surface area (Å²) in [6, 6.07) is 0. The van der Waals surface area contributed by atoms with Gasteiger partial charge in [-0.2, -0.15) is 0 Å². The van der Waals surface area contributed by atoms with Crippen LogP contribution in [0.15, 0.2) is 11.6 Å². The second kappa shape index (κ2) is 10.8. The highest BCUT2D eigenvalue weighted by atomic mass is 16.5. The zero-order valence-corrected chi connectivity index (χ0v) is 19.5. The van der Waals surface area contributed by atoms with Crippen molar-refractivity contribution in [2.24, 2.45) is 5.92 Å². The van der Waals surface area contributed by atoms with Crippen molar-refractivity contribution in [1.82, 2.24) is 10.2 Å². The number of methoxy groups -OCH3 is 1.